The molecule has 1 amide bonds. The molecule has 1 saturated heterocycles. The average molecular weight is 582 g/mol. The van der Waals surface area contributed by atoms with Crippen LogP contribution < -0.4 is 19.5 Å². The third kappa shape index (κ3) is 6.90. The van der Waals surface area contributed by atoms with Gasteiger partial charge in [-0.05, 0) is 74.0 Å². The number of hydrogen-bond acceptors (Lipinski definition) is 6. The van der Waals surface area contributed by atoms with Gasteiger partial charge >= 0.3 is 6.18 Å². The summed E-state index contributed by atoms with van der Waals surface area (Å²) in [5, 5.41) is 2.72. The molecule has 0 spiro atoms. The van der Waals surface area contributed by atoms with Crippen LogP contribution in [0.4, 0.5) is 13.2 Å². The molecule has 0 bridgehead atoms. The topological polar surface area (TPSA) is 97.0 Å². The van der Waals surface area contributed by atoms with Gasteiger partial charge in [-0.1, -0.05) is 24.6 Å². The number of nitrogens with zero attached hydrogens (tertiary/aromatic N) is 1. The van der Waals surface area contributed by atoms with Gasteiger partial charge in [0.25, 0.3) is 0 Å². The first-order valence-corrected chi connectivity index (χ1v) is 15.2. The number of nitrogens with one attached hydrogen (secondary N) is 2. The molecule has 5 rings (SSSR count). The van der Waals surface area contributed by atoms with Gasteiger partial charge in [0.2, 0.25) is 15.9 Å². The maximum atomic E-state index is 13.9. The van der Waals surface area contributed by atoms with Gasteiger partial charge in [-0.2, -0.15) is 17.9 Å². The van der Waals surface area contributed by atoms with Crippen molar-refractivity contribution < 1.29 is 35.9 Å². The molecule has 1 aliphatic carbocycles. The van der Waals surface area contributed by atoms with Crippen molar-refractivity contribution >= 4 is 15.9 Å². The van der Waals surface area contributed by atoms with Crippen molar-refractivity contribution in [3.8, 4) is 11.5 Å². The fourth-order valence-corrected chi connectivity index (χ4v) is 6.84. The van der Waals surface area contributed by atoms with Crippen LogP contribution in [0, 0.1) is 0 Å². The highest BCUT2D eigenvalue weighted by molar-refractivity contribution is 7.89. The summed E-state index contributed by atoms with van der Waals surface area (Å²) in [6, 6.07) is 6.69. The minimum Gasteiger partial charge on any atom is -0.486 e. The normalized spacial score (nSPS) is 20.4. The zero-order chi connectivity index (χ0) is 28.3. The number of piperidine rings is 1. The minimum absolute atomic E-state index is 0.130. The molecule has 0 saturated carbocycles. The van der Waals surface area contributed by atoms with Gasteiger partial charge in [0.15, 0.2) is 11.5 Å². The second-order valence-corrected chi connectivity index (χ2v) is 12.3. The van der Waals surface area contributed by atoms with Crippen LogP contribution in [-0.2, 0) is 27.8 Å². The molecule has 3 aliphatic rings. The number of likely N-dealkylation sites (tertiary alicyclic amines) is 1. The van der Waals surface area contributed by atoms with Crippen molar-refractivity contribution in [1.29, 1.82) is 0 Å². The molecule has 8 nitrogen and oxygen atoms in total. The summed E-state index contributed by atoms with van der Waals surface area (Å²) < 4.78 is 79.7. The number of rotatable bonds is 8. The van der Waals surface area contributed by atoms with Gasteiger partial charge in [0, 0.05) is 12.6 Å². The first-order valence-electron chi connectivity index (χ1n) is 13.7. The maximum Gasteiger partial charge on any atom is 0.405 e. The van der Waals surface area contributed by atoms with Crippen molar-refractivity contribution in [2.45, 2.75) is 74.6 Å². The molecule has 2 aromatic rings. The number of aryl methyl sites for hydroxylation is 1. The molecule has 2 aromatic carbocycles. The lowest BCUT2D eigenvalue weighted by Gasteiger charge is -2.30. The largest absolute Gasteiger partial charge is 0.486 e. The molecule has 2 atom stereocenters. The molecule has 218 valence electrons. The van der Waals surface area contributed by atoms with E-state index in [-0.39, 0.29) is 19.0 Å². The molecule has 0 unspecified atom stereocenters. The van der Waals surface area contributed by atoms with Gasteiger partial charge in [-0.25, -0.2) is 8.42 Å². The zero-order valence-electron chi connectivity index (χ0n) is 22.1. The molecule has 0 aromatic heterocycles. The predicted molar refractivity (Wildman–Crippen MR) is 142 cm³/mol. The van der Waals surface area contributed by atoms with Gasteiger partial charge in [0.05, 0.1) is 17.4 Å². The summed E-state index contributed by atoms with van der Waals surface area (Å²) in [6.07, 6.45) is -0.157. The van der Waals surface area contributed by atoms with Crippen LogP contribution >= 0.6 is 0 Å². The Balaban J connectivity index is 1.25. The summed E-state index contributed by atoms with van der Waals surface area (Å²) in [5.41, 5.74) is 3.19. The first kappa shape index (κ1) is 28.7. The summed E-state index contributed by atoms with van der Waals surface area (Å²) in [4.78, 5) is 14.9. The van der Waals surface area contributed by atoms with E-state index in [1.165, 1.54) is 30.9 Å². The van der Waals surface area contributed by atoms with E-state index in [0.29, 0.717) is 12.2 Å². The number of sulfonamides is 1. The van der Waals surface area contributed by atoms with Crippen LogP contribution in [0.15, 0.2) is 41.3 Å². The van der Waals surface area contributed by atoms with E-state index in [0.717, 1.165) is 55.7 Å². The van der Waals surface area contributed by atoms with Crippen LogP contribution in [0.3, 0.4) is 0 Å². The van der Waals surface area contributed by atoms with Crippen molar-refractivity contribution in [3.63, 3.8) is 0 Å². The molecule has 1 fully saturated rings. The fourth-order valence-electron chi connectivity index (χ4n) is 5.60. The Morgan fingerprint density at radius 1 is 1.00 bits per heavy atom. The van der Waals surface area contributed by atoms with Crippen molar-refractivity contribution in [3.05, 3.63) is 53.1 Å². The number of ether oxygens (including phenoxy) is 2. The highest BCUT2D eigenvalue weighted by Crippen LogP contribution is 2.34. The molecule has 40 heavy (non-hydrogen) atoms. The minimum atomic E-state index is -4.98. The van der Waals surface area contributed by atoms with Crippen molar-refractivity contribution in [2.75, 3.05) is 26.3 Å². The summed E-state index contributed by atoms with van der Waals surface area (Å²) in [6.45, 7) is 3.50. The Morgan fingerprint density at radius 3 is 2.50 bits per heavy atom. The van der Waals surface area contributed by atoms with Crippen LogP contribution in [0.2, 0.25) is 0 Å². The number of alkyl halides is 3. The van der Waals surface area contributed by atoms with Crippen LogP contribution in [-0.4, -0.2) is 57.7 Å². The number of carbonyl (C=O) groups excluding carboxylic acids is 1. The zero-order valence-corrected chi connectivity index (χ0v) is 23.0. The second kappa shape index (κ2) is 12.0. The van der Waals surface area contributed by atoms with E-state index in [2.05, 4.69) is 16.3 Å². The number of halogens is 3. The van der Waals surface area contributed by atoms with Crippen LogP contribution in [0.5, 0.6) is 11.5 Å². The van der Waals surface area contributed by atoms with E-state index in [4.69, 9.17) is 9.47 Å². The van der Waals surface area contributed by atoms with Gasteiger partial charge in [0.1, 0.15) is 19.3 Å². The third-order valence-corrected chi connectivity index (χ3v) is 9.09. The monoisotopic (exact) mass is 581 g/mol. The predicted octanol–water partition coefficient (Wildman–Crippen LogP) is 4.24. The van der Waals surface area contributed by atoms with Gasteiger partial charge in [-0.3, -0.25) is 9.69 Å². The molecular weight excluding hydrogens is 547 g/mol. The van der Waals surface area contributed by atoms with E-state index < -0.39 is 45.5 Å². The van der Waals surface area contributed by atoms with Crippen LogP contribution in [0.25, 0.3) is 0 Å². The molecule has 0 radical (unpaired) electrons. The lowest BCUT2D eigenvalue weighted by molar-refractivity contribution is -0.158. The highest BCUT2D eigenvalue weighted by Gasteiger charge is 2.44. The van der Waals surface area contributed by atoms with Gasteiger partial charge < -0.3 is 14.8 Å². The van der Waals surface area contributed by atoms with Gasteiger partial charge in [-0.15, -0.1) is 0 Å². The number of carbonyl (C=O) groups is 1. The van der Waals surface area contributed by atoms with E-state index in [1.54, 1.807) is 4.72 Å². The number of hydrogen-bond donors (Lipinski definition) is 2. The Hall–Kier alpha value is -2.83. The Kier molecular flexibility index (Phi) is 8.58. The van der Waals surface area contributed by atoms with E-state index in [1.807, 2.05) is 12.1 Å². The summed E-state index contributed by atoms with van der Waals surface area (Å²) in [7, 11) is -4.61. The number of fused-ring (bicyclic) bond motifs is 2. The molecule has 2 aliphatic heterocycles. The SMILES string of the molecule is O=C(C[C@@H](NS(=O)(=O)c1ccc2c(c1)OCCO2)C(F)(F)F)N[C@@H]1CCCc2cc(CN3CCCCC3)ccc21. The van der Waals surface area contributed by atoms with Crippen LogP contribution in [0.1, 0.15) is 61.3 Å². The lowest BCUT2D eigenvalue weighted by Crippen LogP contribution is -2.48. The molecule has 2 N–H and O–H groups in total. The number of amides is 1. The van der Waals surface area contributed by atoms with E-state index >= 15 is 0 Å². The first-order chi connectivity index (χ1) is 19.1. The standard InChI is InChI=1S/C28H34F3N3O5S/c29-28(30,31)26(33-40(36,37)21-8-10-24-25(16-21)39-14-13-38-24)17-27(35)32-23-6-4-5-20-15-19(7-9-22(20)23)18-34-11-2-1-3-12-34/h7-10,15-16,23,26,33H,1-6,11-14,17-18H2,(H,32,35)/t23-,26-/m1/s1. The van der Waals surface area contributed by atoms with E-state index in [9.17, 15) is 26.4 Å². The van der Waals surface area contributed by atoms with Crippen molar-refractivity contribution in [2.24, 2.45) is 0 Å². The lowest BCUT2D eigenvalue weighted by atomic mass is 9.86. The second-order valence-electron chi connectivity index (χ2n) is 10.6. The molecule has 12 heteroatoms. The Labute approximate surface area is 232 Å². The summed E-state index contributed by atoms with van der Waals surface area (Å²) >= 11 is 0. The van der Waals surface area contributed by atoms with Crippen molar-refractivity contribution in [1.82, 2.24) is 14.9 Å². The highest BCUT2D eigenvalue weighted by atomic mass is 32.2. The fraction of sp³-hybridized carbons (Fsp3) is 0.536. The summed E-state index contributed by atoms with van der Waals surface area (Å²) in [5.74, 6) is -0.434. The molecular formula is C28H34F3N3O5S. The molecule has 2 heterocycles. The number of benzene rings is 2. The Bertz CT molecular complexity index is 1330. The third-order valence-electron chi connectivity index (χ3n) is 7.62. The Morgan fingerprint density at radius 2 is 1.75 bits per heavy atom. The quantitative estimate of drug-likeness (QED) is 0.484. The maximum absolute atomic E-state index is 13.9. The average Bonchev–Trinajstić information content (AvgIpc) is 2.92. The smallest absolute Gasteiger partial charge is 0.405 e.